The number of nitrogens with zero attached hydrogens (tertiary/aromatic N) is 2. The van der Waals surface area contributed by atoms with Crippen molar-refractivity contribution in [1.82, 2.24) is 15.5 Å². The van der Waals surface area contributed by atoms with Crippen molar-refractivity contribution in [3.63, 3.8) is 0 Å². The number of nitrogens with one attached hydrogen (secondary N) is 1. The average Bonchev–Trinajstić information content (AvgIpc) is 3.28. The van der Waals surface area contributed by atoms with Crippen molar-refractivity contribution < 1.29 is 19.2 Å². The number of carbonyl (C=O) groups is 2. The normalized spacial score (nSPS) is 11.6. The van der Waals surface area contributed by atoms with E-state index in [1.54, 1.807) is 0 Å². The molecule has 4 N–H and O–H groups in total. The van der Waals surface area contributed by atoms with E-state index in [0.717, 1.165) is 12.0 Å². The van der Waals surface area contributed by atoms with E-state index in [9.17, 15) is 9.59 Å². The Bertz CT molecular complexity index is 842. The number of amides is 1. The third-order valence-corrected chi connectivity index (χ3v) is 5.66. The second-order valence-corrected chi connectivity index (χ2v) is 8.54. The maximum atomic E-state index is 12.0. The lowest BCUT2D eigenvalue weighted by Gasteiger charge is -2.10. The fourth-order valence-electron chi connectivity index (χ4n) is 3.63. The maximum Gasteiger partial charge on any atom is 0.303 e. The SMILES string of the molecule is CCCCCCCCCCc1ccc(-c2noc(CNC(=O)[C@@H](N)CCCC(=O)O)n2)cc1.Cl. The van der Waals surface area contributed by atoms with Crippen molar-refractivity contribution in [1.29, 1.82) is 0 Å². The Balaban J connectivity index is 0.00000578. The molecule has 0 unspecified atom stereocenters. The van der Waals surface area contributed by atoms with Gasteiger partial charge in [-0.25, -0.2) is 0 Å². The molecule has 2 aromatic rings. The monoisotopic (exact) mass is 494 g/mol. The minimum atomic E-state index is -0.901. The van der Waals surface area contributed by atoms with Crippen LogP contribution in [0.15, 0.2) is 28.8 Å². The summed E-state index contributed by atoms with van der Waals surface area (Å²) in [5.74, 6) is -0.504. The van der Waals surface area contributed by atoms with Crippen LogP contribution in [0.5, 0.6) is 0 Å². The highest BCUT2D eigenvalue weighted by Gasteiger charge is 2.15. The molecule has 0 radical (unpaired) electrons. The number of carbonyl (C=O) groups excluding carboxylic acids is 1. The number of rotatable bonds is 17. The summed E-state index contributed by atoms with van der Waals surface area (Å²) < 4.78 is 5.22. The molecule has 0 saturated carbocycles. The highest BCUT2D eigenvalue weighted by Crippen LogP contribution is 2.18. The molecule has 0 aliphatic carbocycles. The summed E-state index contributed by atoms with van der Waals surface area (Å²) in [4.78, 5) is 26.9. The predicted octanol–water partition coefficient (Wildman–Crippen LogP) is 5.04. The van der Waals surface area contributed by atoms with Crippen molar-refractivity contribution in [2.45, 2.75) is 96.6 Å². The van der Waals surface area contributed by atoms with E-state index in [1.165, 1.54) is 56.9 Å². The zero-order chi connectivity index (χ0) is 23.9. The fraction of sp³-hybridized carbons (Fsp3) is 0.600. The van der Waals surface area contributed by atoms with E-state index in [-0.39, 0.29) is 31.3 Å². The number of carboxylic acids is 1. The first-order valence-corrected chi connectivity index (χ1v) is 12.2. The Kier molecular flexibility index (Phi) is 14.8. The fourth-order valence-corrected chi connectivity index (χ4v) is 3.63. The molecule has 1 aromatic heterocycles. The van der Waals surface area contributed by atoms with Crippen LogP contribution in [0.25, 0.3) is 11.4 Å². The van der Waals surface area contributed by atoms with Gasteiger partial charge in [0.05, 0.1) is 12.6 Å². The zero-order valence-corrected chi connectivity index (χ0v) is 20.9. The molecule has 1 heterocycles. The van der Waals surface area contributed by atoms with Crippen LogP contribution in [0.3, 0.4) is 0 Å². The summed E-state index contributed by atoms with van der Waals surface area (Å²) in [5, 5.41) is 15.3. The number of carboxylic acid groups (broad SMARTS) is 1. The first-order chi connectivity index (χ1) is 16.0. The van der Waals surface area contributed by atoms with Crippen molar-refractivity contribution >= 4 is 24.3 Å². The van der Waals surface area contributed by atoms with E-state index in [0.29, 0.717) is 24.6 Å². The Labute approximate surface area is 208 Å². The van der Waals surface area contributed by atoms with Crippen LogP contribution in [-0.4, -0.2) is 33.2 Å². The Hall–Kier alpha value is -2.45. The minimum absolute atomic E-state index is 0. The van der Waals surface area contributed by atoms with Gasteiger partial charge < -0.3 is 20.7 Å². The Morgan fingerprint density at radius 1 is 1.03 bits per heavy atom. The van der Waals surface area contributed by atoms with E-state index >= 15 is 0 Å². The predicted molar refractivity (Wildman–Crippen MR) is 135 cm³/mol. The number of halogens is 1. The molecule has 2 rings (SSSR count). The molecular formula is C25H39ClN4O4. The van der Waals surface area contributed by atoms with Gasteiger partial charge in [0.15, 0.2) is 0 Å². The van der Waals surface area contributed by atoms with Crippen molar-refractivity contribution in [2.75, 3.05) is 0 Å². The Morgan fingerprint density at radius 3 is 2.32 bits per heavy atom. The first kappa shape index (κ1) is 29.6. The number of benzene rings is 1. The molecule has 1 aromatic carbocycles. The topological polar surface area (TPSA) is 131 Å². The van der Waals surface area contributed by atoms with Gasteiger partial charge in [0, 0.05) is 12.0 Å². The smallest absolute Gasteiger partial charge is 0.303 e. The molecule has 8 nitrogen and oxygen atoms in total. The van der Waals surface area contributed by atoms with Crippen molar-refractivity contribution in [3.8, 4) is 11.4 Å². The zero-order valence-electron chi connectivity index (χ0n) is 20.1. The highest BCUT2D eigenvalue weighted by atomic mass is 35.5. The lowest BCUT2D eigenvalue weighted by atomic mass is 10.0. The van der Waals surface area contributed by atoms with Gasteiger partial charge in [-0.1, -0.05) is 81.3 Å². The lowest BCUT2D eigenvalue weighted by molar-refractivity contribution is -0.137. The molecule has 0 aliphatic heterocycles. The third kappa shape index (κ3) is 11.6. The van der Waals surface area contributed by atoms with Gasteiger partial charge in [-0.3, -0.25) is 9.59 Å². The molecule has 0 bridgehead atoms. The summed E-state index contributed by atoms with van der Waals surface area (Å²) in [6, 6.07) is 7.42. The van der Waals surface area contributed by atoms with Crippen LogP contribution < -0.4 is 11.1 Å². The van der Waals surface area contributed by atoms with Gasteiger partial charge in [0.2, 0.25) is 17.6 Å². The summed E-state index contributed by atoms with van der Waals surface area (Å²) in [7, 11) is 0. The van der Waals surface area contributed by atoms with Crippen molar-refractivity contribution in [3.05, 3.63) is 35.7 Å². The van der Waals surface area contributed by atoms with Crippen LogP contribution >= 0.6 is 12.4 Å². The van der Waals surface area contributed by atoms with E-state index in [4.69, 9.17) is 15.4 Å². The van der Waals surface area contributed by atoms with Crippen LogP contribution in [-0.2, 0) is 22.6 Å². The molecule has 1 atom stereocenters. The van der Waals surface area contributed by atoms with Gasteiger partial charge in [0.25, 0.3) is 0 Å². The van der Waals surface area contributed by atoms with Gasteiger partial charge in [-0.05, 0) is 31.2 Å². The average molecular weight is 495 g/mol. The first-order valence-electron chi connectivity index (χ1n) is 12.2. The largest absolute Gasteiger partial charge is 0.481 e. The van der Waals surface area contributed by atoms with E-state index in [1.807, 2.05) is 12.1 Å². The molecule has 9 heteroatoms. The second kappa shape index (κ2) is 17.1. The van der Waals surface area contributed by atoms with Gasteiger partial charge in [0.1, 0.15) is 0 Å². The minimum Gasteiger partial charge on any atom is -0.481 e. The highest BCUT2D eigenvalue weighted by molar-refractivity contribution is 5.85. The number of aryl methyl sites for hydroxylation is 1. The lowest BCUT2D eigenvalue weighted by Crippen LogP contribution is -2.40. The standard InChI is InChI=1S/C25H38N4O4.ClH/c1-2-3-4-5-6-7-8-9-11-19-14-16-20(17-15-19)24-28-22(33-29-24)18-27-25(32)21(26)12-10-13-23(30)31;/h14-17,21H,2-13,18,26H2,1H3,(H,27,32)(H,30,31);1H/t21-;/m0./s1. The quantitative estimate of drug-likeness (QED) is 0.262. The van der Waals surface area contributed by atoms with Crippen LogP contribution in [0.4, 0.5) is 0 Å². The maximum absolute atomic E-state index is 12.0. The van der Waals surface area contributed by atoms with E-state index in [2.05, 4.69) is 34.5 Å². The summed E-state index contributed by atoms with van der Waals surface area (Å²) in [6.07, 6.45) is 12.2. The number of hydrogen-bond acceptors (Lipinski definition) is 6. The molecule has 190 valence electrons. The molecule has 0 saturated heterocycles. The number of nitrogens with two attached hydrogens (primary N) is 1. The molecule has 0 aliphatic rings. The summed E-state index contributed by atoms with van der Waals surface area (Å²) >= 11 is 0. The summed E-state index contributed by atoms with van der Waals surface area (Å²) in [6.45, 7) is 2.32. The number of aromatic nitrogens is 2. The van der Waals surface area contributed by atoms with Crippen LogP contribution in [0, 0.1) is 0 Å². The van der Waals surface area contributed by atoms with Gasteiger partial charge in [-0.2, -0.15) is 4.98 Å². The van der Waals surface area contributed by atoms with E-state index < -0.39 is 12.0 Å². The molecule has 34 heavy (non-hydrogen) atoms. The number of hydrogen-bond donors (Lipinski definition) is 3. The molecular weight excluding hydrogens is 456 g/mol. The number of unbranched alkanes of at least 4 members (excludes halogenated alkanes) is 7. The molecule has 0 spiro atoms. The molecule has 0 fully saturated rings. The Morgan fingerprint density at radius 2 is 1.68 bits per heavy atom. The molecule has 1 amide bonds. The van der Waals surface area contributed by atoms with Crippen LogP contribution in [0.1, 0.15) is 89.0 Å². The van der Waals surface area contributed by atoms with Gasteiger partial charge >= 0.3 is 5.97 Å². The van der Waals surface area contributed by atoms with Crippen LogP contribution in [0.2, 0.25) is 0 Å². The summed E-state index contributed by atoms with van der Waals surface area (Å²) in [5.41, 5.74) is 7.95. The number of aliphatic carboxylic acids is 1. The van der Waals surface area contributed by atoms with Crippen molar-refractivity contribution in [2.24, 2.45) is 5.73 Å². The second-order valence-electron chi connectivity index (χ2n) is 8.54. The third-order valence-electron chi connectivity index (χ3n) is 5.66. The van der Waals surface area contributed by atoms with Gasteiger partial charge in [-0.15, -0.1) is 12.4 Å².